The molecule has 17 heavy (non-hydrogen) atoms. The van der Waals surface area contributed by atoms with Crippen LogP contribution in [0.25, 0.3) is 0 Å². The first kappa shape index (κ1) is 14.8. The monoisotopic (exact) mass is 259 g/mol. The molecule has 1 unspecified atom stereocenters. The lowest BCUT2D eigenvalue weighted by Crippen LogP contribution is -2.31. The maximum Gasteiger partial charge on any atom is 0.222 e. The second kappa shape index (κ2) is 7.97. The number of hydrogen-bond donors (Lipinski definition) is 0. The molecule has 1 aliphatic heterocycles. The first-order valence-electron chi connectivity index (χ1n) is 6.99. The van der Waals surface area contributed by atoms with E-state index in [1.165, 1.54) is 6.42 Å². The molecule has 0 bridgehead atoms. The summed E-state index contributed by atoms with van der Waals surface area (Å²) in [6, 6.07) is 0. The van der Waals surface area contributed by atoms with E-state index in [2.05, 4.69) is 18.7 Å². The predicted molar refractivity (Wildman–Crippen MR) is 73.3 cm³/mol. The standard InChI is InChI=1S/C14H26ClNO/c1-12(2)13-6-7-14(17)16(11-8-13)10-5-3-4-9-15/h12-13H,3-11H2,1-2H3. The molecule has 0 aromatic carbocycles. The van der Waals surface area contributed by atoms with Gasteiger partial charge in [0.25, 0.3) is 0 Å². The molecule has 0 spiro atoms. The van der Waals surface area contributed by atoms with Crippen LogP contribution in [-0.2, 0) is 4.79 Å². The summed E-state index contributed by atoms with van der Waals surface area (Å²) in [4.78, 5) is 14.0. The van der Waals surface area contributed by atoms with Crippen molar-refractivity contribution in [2.75, 3.05) is 19.0 Å². The van der Waals surface area contributed by atoms with E-state index >= 15 is 0 Å². The molecule has 1 atom stereocenters. The van der Waals surface area contributed by atoms with Crippen molar-refractivity contribution < 1.29 is 4.79 Å². The Labute approximate surface area is 111 Å². The maximum absolute atomic E-state index is 11.9. The minimum absolute atomic E-state index is 0.360. The first-order valence-corrected chi connectivity index (χ1v) is 7.52. The number of nitrogens with zero attached hydrogens (tertiary/aromatic N) is 1. The van der Waals surface area contributed by atoms with Crippen LogP contribution in [0.2, 0.25) is 0 Å². The van der Waals surface area contributed by atoms with Crippen LogP contribution in [0.4, 0.5) is 0 Å². The zero-order valence-electron chi connectivity index (χ0n) is 11.3. The van der Waals surface area contributed by atoms with Gasteiger partial charge in [0.15, 0.2) is 0 Å². The molecule has 1 aliphatic rings. The highest BCUT2D eigenvalue weighted by Crippen LogP contribution is 2.25. The van der Waals surface area contributed by atoms with Crippen molar-refractivity contribution in [3.63, 3.8) is 0 Å². The molecule has 1 saturated heterocycles. The molecule has 0 aliphatic carbocycles. The third-order valence-corrected chi connectivity index (χ3v) is 4.12. The highest BCUT2D eigenvalue weighted by molar-refractivity contribution is 6.17. The molecule has 0 N–H and O–H groups in total. The van der Waals surface area contributed by atoms with Crippen LogP contribution in [0, 0.1) is 11.8 Å². The van der Waals surface area contributed by atoms with E-state index in [1.54, 1.807) is 0 Å². The third kappa shape index (κ3) is 5.29. The molecule has 1 heterocycles. The lowest BCUT2D eigenvalue weighted by atomic mass is 9.89. The predicted octanol–water partition coefficient (Wildman–Crippen LogP) is 3.68. The van der Waals surface area contributed by atoms with Gasteiger partial charge in [0.2, 0.25) is 5.91 Å². The minimum Gasteiger partial charge on any atom is -0.343 e. The summed E-state index contributed by atoms with van der Waals surface area (Å²) in [5, 5.41) is 0. The van der Waals surface area contributed by atoms with Gasteiger partial charge in [0, 0.05) is 25.4 Å². The van der Waals surface area contributed by atoms with Gasteiger partial charge in [-0.05, 0) is 37.5 Å². The Bertz CT molecular complexity index is 230. The summed E-state index contributed by atoms with van der Waals surface area (Å²) in [5.74, 6) is 2.54. The number of alkyl halides is 1. The Morgan fingerprint density at radius 1 is 1.29 bits per heavy atom. The van der Waals surface area contributed by atoms with Crippen LogP contribution in [0.3, 0.4) is 0 Å². The van der Waals surface area contributed by atoms with Crippen molar-refractivity contribution in [1.29, 1.82) is 0 Å². The van der Waals surface area contributed by atoms with E-state index in [0.29, 0.717) is 11.8 Å². The first-order chi connectivity index (χ1) is 8.15. The van der Waals surface area contributed by atoms with Crippen molar-refractivity contribution >= 4 is 17.5 Å². The average Bonchev–Trinajstić information content (AvgIpc) is 2.48. The molecule has 2 nitrogen and oxygen atoms in total. The lowest BCUT2D eigenvalue weighted by molar-refractivity contribution is -0.130. The number of carbonyl (C=O) groups excluding carboxylic acids is 1. The molecular formula is C14H26ClNO. The van der Waals surface area contributed by atoms with Crippen LogP contribution in [-0.4, -0.2) is 29.8 Å². The number of hydrogen-bond acceptors (Lipinski definition) is 1. The molecule has 1 amide bonds. The molecule has 3 heteroatoms. The highest BCUT2D eigenvalue weighted by Gasteiger charge is 2.23. The Morgan fingerprint density at radius 3 is 2.71 bits per heavy atom. The number of likely N-dealkylation sites (tertiary alicyclic amines) is 1. The maximum atomic E-state index is 11.9. The lowest BCUT2D eigenvalue weighted by Gasteiger charge is -2.21. The van der Waals surface area contributed by atoms with Crippen LogP contribution < -0.4 is 0 Å². The molecule has 100 valence electrons. The molecule has 1 fully saturated rings. The van der Waals surface area contributed by atoms with Crippen molar-refractivity contribution in [3.05, 3.63) is 0 Å². The van der Waals surface area contributed by atoms with Crippen molar-refractivity contribution in [3.8, 4) is 0 Å². The van der Waals surface area contributed by atoms with Gasteiger partial charge >= 0.3 is 0 Å². The zero-order valence-corrected chi connectivity index (χ0v) is 12.0. The second-order valence-electron chi connectivity index (χ2n) is 5.46. The fraction of sp³-hybridized carbons (Fsp3) is 0.929. The van der Waals surface area contributed by atoms with Gasteiger partial charge in [-0.1, -0.05) is 20.3 Å². The van der Waals surface area contributed by atoms with Gasteiger partial charge in [0.1, 0.15) is 0 Å². The fourth-order valence-electron chi connectivity index (χ4n) is 2.53. The van der Waals surface area contributed by atoms with Gasteiger partial charge in [-0.3, -0.25) is 4.79 Å². The number of halogens is 1. The van der Waals surface area contributed by atoms with Crippen LogP contribution >= 0.6 is 11.6 Å². The molecular weight excluding hydrogens is 234 g/mol. The van der Waals surface area contributed by atoms with Gasteiger partial charge in [-0.2, -0.15) is 0 Å². The van der Waals surface area contributed by atoms with E-state index in [-0.39, 0.29) is 0 Å². The summed E-state index contributed by atoms with van der Waals surface area (Å²) in [6.07, 6.45) is 6.32. The average molecular weight is 260 g/mol. The summed E-state index contributed by atoms with van der Waals surface area (Å²) < 4.78 is 0. The molecule has 1 rings (SSSR count). The van der Waals surface area contributed by atoms with Gasteiger partial charge < -0.3 is 4.90 Å². The largest absolute Gasteiger partial charge is 0.343 e. The van der Waals surface area contributed by atoms with Gasteiger partial charge in [-0.15, -0.1) is 11.6 Å². The van der Waals surface area contributed by atoms with E-state index in [9.17, 15) is 4.79 Å². The number of amides is 1. The Morgan fingerprint density at radius 2 is 2.06 bits per heavy atom. The van der Waals surface area contributed by atoms with E-state index < -0.39 is 0 Å². The summed E-state index contributed by atoms with van der Waals surface area (Å²) in [6.45, 7) is 6.43. The van der Waals surface area contributed by atoms with Crippen LogP contribution in [0.15, 0.2) is 0 Å². The second-order valence-corrected chi connectivity index (χ2v) is 5.84. The minimum atomic E-state index is 0.360. The molecule has 0 aromatic heterocycles. The molecule has 0 aromatic rings. The molecule has 0 radical (unpaired) electrons. The zero-order chi connectivity index (χ0) is 12.7. The quantitative estimate of drug-likeness (QED) is 0.526. The summed E-state index contributed by atoms with van der Waals surface area (Å²) >= 11 is 5.65. The smallest absolute Gasteiger partial charge is 0.222 e. The summed E-state index contributed by atoms with van der Waals surface area (Å²) in [5.41, 5.74) is 0. The topological polar surface area (TPSA) is 20.3 Å². The number of rotatable bonds is 6. The van der Waals surface area contributed by atoms with E-state index in [1.807, 2.05) is 0 Å². The SMILES string of the molecule is CC(C)C1CCC(=O)N(CCCCCCl)CC1. The normalized spacial score (nSPS) is 22.0. The van der Waals surface area contributed by atoms with Gasteiger partial charge in [0.05, 0.1) is 0 Å². The number of unbranched alkanes of at least 4 members (excludes halogenated alkanes) is 2. The summed E-state index contributed by atoms with van der Waals surface area (Å²) in [7, 11) is 0. The highest BCUT2D eigenvalue weighted by atomic mass is 35.5. The van der Waals surface area contributed by atoms with E-state index in [4.69, 9.17) is 11.6 Å². The van der Waals surface area contributed by atoms with Crippen LogP contribution in [0.1, 0.15) is 52.4 Å². The van der Waals surface area contributed by atoms with Crippen molar-refractivity contribution in [2.24, 2.45) is 11.8 Å². The van der Waals surface area contributed by atoms with Crippen molar-refractivity contribution in [2.45, 2.75) is 52.4 Å². The Balaban J connectivity index is 2.32. The Hall–Kier alpha value is -0.240. The van der Waals surface area contributed by atoms with Crippen molar-refractivity contribution in [1.82, 2.24) is 4.90 Å². The van der Waals surface area contributed by atoms with E-state index in [0.717, 1.165) is 57.0 Å². The van der Waals surface area contributed by atoms with Gasteiger partial charge in [-0.25, -0.2) is 0 Å². The number of carbonyl (C=O) groups is 1. The molecule has 0 saturated carbocycles. The van der Waals surface area contributed by atoms with Crippen LogP contribution in [0.5, 0.6) is 0 Å². The fourth-order valence-corrected chi connectivity index (χ4v) is 2.72. The Kier molecular flexibility index (Phi) is 6.94. The third-order valence-electron chi connectivity index (χ3n) is 3.86.